The number of hydrogen-bond donors (Lipinski definition) is 2. The van der Waals surface area contributed by atoms with Gasteiger partial charge in [0.2, 0.25) is 0 Å². The zero-order valence-electron chi connectivity index (χ0n) is 9.71. The highest BCUT2D eigenvalue weighted by atomic mass is 32.1. The van der Waals surface area contributed by atoms with E-state index < -0.39 is 0 Å². The van der Waals surface area contributed by atoms with Crippen molar-refractivity contribution in [3.63, 3.8) is 0 Å². The van der Waals surface area contributed by atoms with E-state index in [0.29, 0.717) is 5.41 Å². The van der Waals surface area contributed by atoms with Gasteiger partial charge in [-0.1, -0.05) is 12.8 Å². The van der Waals surface area contributed by atoms with Gasteiger partial charge >= 0.3 is 0 Å². The third kappa shape index (κ3) is 2.89. The molecule has 0 spiro atoms. The summed E-state index contributed by atoms with van der Waals surface area (Å²) in [6, 6.07) is 0. The first-order valence-corrected chi connectivity index (χ1v) is 6.73. The summed E-state index contributed by atoms with van der Waals surface area (Å²) >= 11 is 4.42. The van der Waals surface area contributed by atoms with Gasteiger partial charge in [0.15, 0.2) is 0 Å². The number of hydrogen-bond acceptors (Lipinski definition) is 3. The molecular weight excluding hydrogens is 206 g/mol. The van der Waals surface area contributed by atoms with Crippen molar-refractivity contribution in [2.24, 2.45) is 5.41 Å². The fourth-order valence-electron chi connectivity index (χ4n) is 2.87. The van der Waals surface area contributed by atoms with Gasteiger partial charge in [0.1, 0.15) is 0 Å². The van der Waals surface area contributed by atoms with Crippen molar-refractivity contribution in [3.05, 3.63) is 0 Å². The van der Waals surface area contributed by atoms with Crippen molar-refractivity contribution in [2.45, 2.75) is 44.1 Å². The van der Waals surface area contributed by atoms with Crippen molar-refractivity contribution < 1.29 is 5.11 Å². The maximum Gasteiger partial charge on any atom is 0.0774 e. The van der Waals surface area contributed by atoms with Gasteiger partial charge < -0.3 is 10.0 Å². The summed E-state index contributed by atoms with van der Waals surface area (Å²) in [5.41, 5.74) is 0.0915. The molecule has 2 rings (SSSR count). The van der Waals surface area contributed by atoms with Crippen LogP contribution in [0.3, 0.4) is 0 Å². The third-order valence-electron chi connectivity index (χ3n) is 4.00. The topological polar surface area (TPSA) is 23.5 Å². The molecule has 0 unspecified atom stereocenters. The van der Waals surface area contributed by atoms with Gasteiger partial charge in [0, 0.05) is 13.1 Å². The number of likely N-dealkylation sites (N-methyl/N-ethyl adjacent to an activating group) is 1. The van der Waals surface area contributed by atoms with Crippen LogP contribution in [-0.4, -0.2) is 41.5 Å². The van der Waals surface area contributed by atoms with E-state index in [2.05, 4.69) is 24.6 Å². The molecule has 0 aromatic heterocycles. The minimum absolute atomic E-state index is 0.387. The van der Waals surface area contributed by atoms with Crippen LogP contribution in [0.1, 0.15) is 38.5 Å². The lowest BCUT2D eigenvalue weighted by Crippen LogP contribution is -2.41. The average Bonchev–Trinajstić information content (AvgIpc) is 2.82. The number of aliphatic hydroxyl groups is 1. The quantitative estimate of drug-likeness (QED) is 0.704. The van der Waals surface area contributed by atoms with E-state index in [1.165, 1.54) is 25.7 Å². The monoisotopic (exact) mass is 229 g/mol. The van der Waals surface area contributed by atoms with Crippen molar-refractivity contribution in [1.82, 2.24) is 4.90 Å². The lowest BCUT2D eigenvalue weighted by Gasteiger charge is -2.30. The van der Waals surface area contributed by atoms with E-state index >= 15 is 0 Å². The molecule has 1 N–H and O–H groups in total. The van der Waals surface area contributed by atoms with Crippen molar-refractivity contribution in [2.75, 3.05) is 25.9 Å². The molecule has 2 nitrogen and oxygen atoms in total. The Morgan fingerprint density at radius 1 is 1.13 bits per heavy atom. The third-order valence-corrected chi connectivity index (χ3v) is 4.67. The Hall–Kier alpha value is 0.270. The van der Waals surface area contributed by atoms with E-state index in [-0.39, 0.29) is 5.60 Å². The van der Waals surface area contributed by atoms with Crippen LogP contribution in [0.15, 0.2) is 0 Å². The molecular formula is C12H23NOS. The van der Waals surface area contributed by atoms with E-state index in [1.807, 2.05) is 0 Å². The Labute approximate surface area is 98.5 Å². The van der Waals surface area contributed by atoms with Crippen LogP contribution in [0, 0.1) is 5.41 Å². The average molecular weight is 229 g/mol. The van der Waals surface area contributed by atoms with E-state index in [0.717, 1.165) is 31.7 Å². The van der Waals surface area contributed by atoms with Gasteiger partial charge in [-0.3, -0.25) is 0 Å². The molecule has 0 amide bonds. The summed E-state index contributed by atoms with van der Waals surface area (Å²) in [5.74, 6) is 0.996. The first-order chi connectivity index (χ1) is 7.08. The molecule has 0 atom stereocenters. The molecule has 0 aromatic carbocycles. The second-order valence-corrected chi connectivity index (χ2v) is 6.08. The maximum absolute atomic E-state index is 10.3. The Bertz CT molecular complexity index is 222. The van der Waals surface area contributed by atoms with Gasteiger partial charge in [0.05, 0.1) is 5.60 Å². The molecule has 0 bridgehead atoms. The van der Waals surface area contributed by atoms with E-state index in [9.17, 15) is 5.11 Å². The Balaban J connectivity index is 1.79. The van der Waals surface area contributed by atoms with Crippen LogP contribution in [-0.2, 0) is 0 Å². The highest BCUT2D eigenvalue weighted by Gasteiger charge is 2.43. The summed E-state index contributed by atoms with van der Waals surface area (Å²) in [6.07, 6.45) is 7.01. The molecule has 0 aromatic rings. The second-order valence-electron chi connectivity index (χ2n) is 5.76. The summed E-state index contributed by atoms with van der Waals surface area (Å²) in [7, 11) is 2.14. The first-order valence-electron chi connectivity index (χ1n) is 6.09. The molecule has 2 saturated carbocycles. The number of nitrogens with zero attached hydrogens (tertiary/aromatic N) is 1. The fraction of sp³-hybridized carbons (Fsp3) is 1.00. The second kappa shape index (κ2) is 4.27. The van der Waals surface area contributed by atoms with Crippen LogP contribution in [0.4, 0.5) is 0 Å². The predicted octanol–water partition coefficient (Wildman–Crippen LogP) is 1.93. The molecule has 2 aliphatic carbocycles. The zero-order valence-corrected chi connectivity index (χ0v) is 10.6. The molecule has 15 heavy (non-hydrogen) atoms. The van der Waals surface area contributed by atoms with Crippen LogP contribution < -0.4 is 0 Å². The summed E-state index contributed by atoms with van der Waals surface area (Å²) < 4.78 is 0. The van der Waals surface area contributed by atoms with Gasteiger partial charge in [-0.05, 0) is 43.9 Å². The number of rotatable bonds is 5. The number of thiol groups is 1. The van der Waals surface area contributed by atoms with Crippen LogP contribution in [0.25, 0.3) is 0 Å². The largest absolute Gasteiger partial charge is 0.389 e. The van der Waals surface area contributed by atoms with Crippen molar-refractivity contribution in [1.29, 1.82) is 0 Å². The van der Waals surface area contributed by atoms with Gasteiger partial charge in [-0.15, -0.1) is 0 Å². The van der Waals surface area contributed by atoms with E-state index in [4.69, 9.17) is 0 Å². The molecule has 88 valence electrons. The van der Waals surface area contributed by atoms with Crippen molar-refractivity contribution >= 4 is 12.6 Å². The summed E-state index contributed by atoms with van der Waals surface area (Å²) in [4.78, 5) is 2.31. The lowest BCUT2D eigenvalue weighted by atomic mass is 10.0. The van der Waals surface area contributed by atoms with Gasteiger partial charge in [-0.2, -0.15) is 12.6 Å². The van der Waals surface area contributed by atoms with Gasteiger partial charge in [0.25, 0.3) is 0 Å². The summed E-state index contributed by atoms with van der Waals surface area (Å²) in [5, 5.41) is 10.3. The summed E-state index contributed by atoms with van der Waals surface area (Å²) in [6.45, 7) is 1.96. The SMILES string of the molecule is CN(CC1(O)CCCC1)CC1(CS)CC1. The molecule has 0 radical (unpaired) electrons. The lowest BCUT2D eigenvalue weighted by molar-refractivity contribution is 0.0127. The Kier molecular flexibility index (Phi) is 3.34. The Morgan fingerprint density at radius 3 is 2.20 bits per heavy atom. The van der Waals surface area contributed by atoms with E-state index in [1.54, 1.807) is 0 Å². The highest BCUT2D eigenvalue weighted by molar-refractivity contribution is 7.80. The van der Waals surface area contributed by atoms with Gasteiger partial charge in [-0.25, -0.2) is 0 Å². The zero-order chi connectivity index (χ0) is 10.9. The van der Waals surface area contributed by atoms with Crippen LogP contribution in [0.2, 0.25) is 0 Å². The molecule has 0 saturated heterocycles. The Morgan fingerprint density at radius 2 is 1.73 bits per heavy atom. The minimum atomic E-state index is -0.387. The molecule has 2 fully saturated rings. The van der Waals surface area contributed by atoms with Crippen LogP contribution >= 0.6 is 12.6 Å². The molecule has 0 heterocycles. The normalized spacial score (nSPS) is 27.2. The predicted molar refractivity (Wildman–Crippen MR) is 66.4 cm³/mol. The fourth-order valence-corrected chi connectivity index (χ4v) is 3.28. The van der Waals surface area contributed by atoms with Crippen molar-refractivity contribution in [3.8, 4) is 0 Å². The first kappa shape index (κ1) is 11.7. The minimum Gasteiger partial charge on any atom is -0.389 e. The molecule has 2 aliphatic rings. The standard InChI is InChI=1S/C12H23NOS/c1-13(8-11(10-15)6-7-11)9-12(14)4-2-3-5-12/h14-15H,2-10H2,1H3. The maximum atomic E-state index is 10.3. The smallest absolute Gasteiger partial charge is 0.0774 e. The highest BCUT2D eigenvalue weighted by Crippen LogP contribution is 2.47. The van der Waals surface area contributed by atoms with Crippen LogP contribution in [0.5, 0.6) is 0 Å². The molecule has 3 heteroatoms. The molecule has 0 aliphatic heterocycles.